The van der Waals surface area contributed by atoms with Crippen LogP contribution in [0.5, 0.6) is 0 Å². The second-order valence-corrected chi connectivity index (χ2v) is 6.12. The molecular formula is C16H22N2OS. The van der Waals surface area contributed by atoms with Gasteiger partial charge in [0.1, 0.15) is 0 Å². The molecule has 0 saturated heterocycles. The third kappa shape index (κ3) is 4.40. The fraction of sp³-hybridized carbons (Fsp3) is 0.438. The zero-order chi connectivity index (χ0) is 14.4. The zero-order valence-corrected chi connectivity index (χ0v) is 12.9. The minimum absolute atomic E-state index is 0.285. The SMILES string of the molecule is Cc1ncsc1CNCC(CC(C)O)c1ccccc1. The molecule has 2 aromatic rings. The first kappa shape index (κ1) is 15.2. The van der Waals surface area contributed by atoms with E-state index in [1.807, 2.05) is 25.4 Å². The van der Waals surface area contributed by atoms with Gasteiger partial charge in [0.15, 0.2) is 0 Å². The Morgan fingerprint density at radius 2 is 2.05 bits per heavy atom. The number of hydrogen-bond donors (Lipinski definition) is 2. The molecule has 2 N–H and O–H groups in total. The quantitative estimate of drug-likeness (QED) is 0.823. The number of aliphatic hydroxyl groups is 1. The molecule has 0 bridgehead atoms. The number of hydrogen-bond acceptors (Lipinski definition) is 4. The highest BCUT2D eigenvalue weighted by Gasteiger charge is 2.14. The van der Waals surface area contributed by atoms with Crippen LogP contribution in [0.1, 0.15) is 35.4 Å². The molecule has 2 unspecified atom stereocenters. The number of aromatic nitrogens is 1. The van der Waals surface area contributed by atoms with E-state index in [2.05, 4.69) is 34.6 Å². The summed E-state index contributed by atoms with van der Waals surface area (Å²) in [6.07, 6.45) is 0.491. The van der Waals surface area contributed by atoms with E-state index in [0.29, 0.717) is 5.92 Å². The molecule has 2 rings (SSSR count). The largest absolute Gasteiger partial charge is 0.393 e. The first-order valence-corrected chi connectivity index (χ1v) is 7.87. The summed E-state index contributed by atoms with van der Waals surface area (Å²) in [5, 5.41) is 13.2. The predicted octanol–water partition coefficient (Wildman–Crippen LogP) is 3.10. The third-order valence-electron chi connectivity index (χ3n) is 3.42. The molecule has 108 valence electrons. The smallest absolute Gasteiger partial charge is 0.0798 e. The number of nitrogens with zero attached hydrogens (tertiary/aromatic N) is 1. The van der Waals surface area contributed by atoms with Gasteiger partial charge in [-0.15, -0.1) is 11.3 Å². The number of aliphatic hydroxyl groups excluding tert-OH is 1. The maximum Gasteiger partial charge on any atom is 0.0798 e. The van der Waals surface area contributed by atoms with Crippen LogP contribution in [0.15, 0.2) is 35.8 Å². The van der Waals surface area contributed by atoms with Gasteiger partial charge in [0.25, 0.3) is 0 Å². The van der Waals surface area contributed by atoms with Crippen molar-refractivity contribution in [3.63, 3.8) is 0 Å². The Balaban J connectivity index is 1.93. The Morgan fingerprint density at radius 1 is 1.30 bits per heavy atom. The number of nitrogens with one attached hydrogen (secondary N) is 1. The number of thiazole rings is 1. The molecule has 4 heteroatoms. The summed E-state index contributed by atoms with van der Waals surface area (Å²) in [5.41, 5.74) is 4.27. The van der Waals surface area contributed by atoms with Gasteiger partial charge in [-0.25, -0.2) is 4.98 Å². The normalized spacial score (nSPS) is 14.2. The lowest BCUT2D eigenvalue weighted by molar-refractivity contribution is 0.173. The minimum atomic E-state index is -0.285. The molecule has 1 heterocycles. The van der Waals surface area contributed by atoms with Gasteiger partial charge in [-0.2, -0.15) is 0 Å². The summed E-state index contributed by atoms with van der Waals surface area (Å²) in [6, 6.07) is 10.4. The molecule has 0 aliphatic rings. The molecule has 0 aliphatic heterocycles. The van der Waals surface area contributed by atoms with Crippen molar-refractivity contribution in [3.05, 3.63) is 52.0 Å². The highest BCUT2D eigenvalue weighted by molar-refractivity contribution is 7.09. The van der Waals surface area contributed by atoms with E-state index >= 15 is 0 Å². The van der Waals surface area contributed by atoms with E-state index in [-0.39, 0.29) is 6.10 Å². The Labute approximate surface area is 124 Å². The van der Waals surface area contributed by atoms with Gasteiger partial charge in [-0.3, -0.25) is 0 Å². The third-order valence-corrected chi connectivity index (χ3v) is 4.35. The Hall–Kier alpha value is -1.23. The molecular weight excluding hydrogens is 268 g/mol. The fourth-order valence-electron chi connectivity index (χ4n) is 2.33. The van der Waals surface area contributed by atoms with Crippen molar-refractivity contribution < 1.29 is 5.11 Å². The van der Waals surface area contributed by atoms with Crippen LogP contribution in [-0.2, 0) is 6.54 Å². The molecule has 20 heavy (non-hydrogen) atoms. The standard InChI is InChI=1S/C16H22N2OS/c1-12(19)8-15(14-6-4-3-5-7-14)9-17-10-16-13(2)18-11-20-16/h3-7,11-12,15,17,19H,8-10H2,1-2H3. The molecule has 3 nitrogen and oxygen atoms in total. The monoisotopic (exact) mass is 290 g/mol. The van der Waals surface area contributed by atoms with Gasteiger partial charge in [0.2, 0.25) is 0 Å². The molecule has 1 aromatic carbocycles. The van der Waals surface area contributed by atoms with E-state index in [9.17, 15) is 5.11 Å². The molecule has 2 atom stereocenters. The lowest BCUT2D eigenvalue weighted by atomic mass is 9.93. The molecule has 0 radical (unpaired) electrons. The van der Waals surface area contributed by atoms with Crippen LogP contribution in [0.2, 0.25) is 0 Å². The van der Waals surface area contributed by atoms with Crippen molar-refractivity contribution in [2.75, 3.05) is 6.54 Å². The highest BCUT2D eigenvalue weighted by atomic mass is 32.1. The van der Waals surface area contributed by atoms with Gasteiger partial charge in [0.05, 0.1) is 17.3 Å². The van der Waals surface area contributed by atoms with Crippen molar-refractivity contribution in [1.29, 1.82) is 0 Å². The second kappa shape index (κ2) is 7.53. The summed E-state index contributed by atoms with van der Waals surface area (Å²) < 4.78 is 0. The van der Waals surface area contributed by atoms with E-state index in [1.54, 1.807) is 11.3 Å². The van der Waals surface area contributed by atoms with Gasteiger partial charge in [-0.05, 0) is 31.7 Å². The highest BCUT2D eigenvalue weighted by Crippen LogP contribution is 2.21. The predicted molar refractivity (Wildman–Crippen MR) is 84.0 cm³/mol. The summed E-state index contributed by atoms with van der Waals surface area (Å²) in [7, 11) is 0. The first-order valence-electron chi connectivity index (χ1n) is 6.99. The van der Waals surface area contributed by atoms with Crippen LogP contribution in [0.25, 0.3) is 0 Å². The van der Waals surface area contributed by atoms with Crippen molar-refractivity contribution in [1.82, 2.24) is 10.3 Å². The van der Waals surface area contributed by atoms with Crippen molar-refractivity contribution >= 4 is 11.3 Å². The van der Waals surface area contributed by atoms with Crippen LogP contribution < -0.4 is 5.32 Å². The average molecular weight is 290 g/mol. The second-order valence-electron chi connectivity index (χ2n) is 5.18. The Morgan fingerprint density at radius 3 is 2.65 bits per heavy atom. The number of rotatable bonds is 7. The molecule has 0 amide bonds. The topological polar surface area (TPSA) is 45.2 Å². The maximum absolute atomic E-state index is 9.68. The van der Waals surface area contributed by atoms with E-state index in [0.717, 1.165) is 25.2 Å². The minimum Gasteiger partial charge on any atom is -0.393 e. The summed E-state index contributed by atoms with van der Waals surface area (Å²) in [4.78, 5) is 5.55. The van der Waals surface area contributed by atoms with Crippen LogP contribution in [0, 0.1) is 6.92 Å². The lowest BCUT2D eigenvalue weighted by Gasteiger charge is -2.19. The van der Waals surface area contributed by atoms with Crippen LogP contribution >= 0.6 is 11.3 Å². The molecule has 0 spiro atoms. The average Bonchev–Trinajstić information content (AvgIpc) is 2.84. The van der Waals surface area contributed by atoms with Crippen molar-refractivity contribution in [2.45, 2.75) is 38.8 Å². The van der Waals surface area contributed by atoms with Crippen molar-refractivity contribution in [3.8, 4) is 0 Å². The Bertz CT molecular complexity index is 510. The maximum atomic E-state index is 9.68. The van der Waals surface area contributed by atoms with Gasteiger partial charge < -0.3 is 10.4 Å². The molecule has 0 saturated carbocycles. The Kier molecular flexibility index (Phi) is 5.71. The molecule has 1 aromatic heterocycles. The van der Waals surface area contributed by atoms with E-state index in [1.165, 1.54) is 10.4 Å². The fourth-order valence-corrected chi connectivity index (χ4v) is 3.08. The summed E-state index contributed by atoms with van der Waals surface area (Å²) in [5.74, 6) is 0.337. The summed E-state index contributed by atoms with van der Waals surface area (Å²) >= 11 is 1.69. The van der Waals surface area contributed by atoms with E-state index in [4.69, 9.17) is 0 Å². The van der Waals surface area contributed by atoms with Crippen molar-refractivity contribution in [2.24, 2.45) is 0 Å². The summed E-state index contributed by atoms with van der Waals surface area (Å²) in [6.45, 7) is 5.60. The van der Waals surface area contributed by atoms with Gasteiger partial charge in [-0.1, -0.05) is 30.3 Å². The van der Waals surface area contributed by atoms with Gasteiger partial charge >= 0.3 is 0 Å². The first-order chi connectivity index (χ1) is 9.66. The van der Waals surface area contributed by atoms with Gasteiger partial charge in [0, 0.05) is 18.0 Å². The lowest BCUT2D eigenvalue weighted by Crippen LogP contribution is -2.23. The van der Waals surface area contributed by atoms with Crippen LogP contribution in [0.4, 0.5) is 0 Å². The zero-order valence-electron chi connectivity index (χ0n) is 12.0. The number of benzene rings is 1. The van der Waals surface area contributed by atoms with Crippen LogP contribution in [-0.4, -0.2) is 22.7 Å². The van der Waals surface area contributed by atoms with Crippen LogP contribution in [0.3, 0.4) is 0 Å². The molecule has 0 fully saturated rings. The molecule has 0 aliphatic carbocycles. The number of aryl methyl sites for hydroxylation is 1. The van der Waals surface area contributed by atoms with E-state index < -0.39 is 0 Å².